The topological polar surface area (TPSA) is 87.3 Å². The molecule has 0 aliphatic rings. The Hall–Kier alpha value is -2.38. The summed E-state index contributed by atoms with van der Waals surface area (Å²) in [5.41, 5.74) is 3.63. The van der Waals surface area contributed by atoms with E-state index in [9.17, 15) is 13.2 Å². The van der Waals surface area contributed by atoms with E-state index in [-0.39, 0.29) is 18.5 Å². The number of sulfonamides is 1. The number of benzene rings is 2. The van der Waals surface area contributed by atoms with Crippen LogP contribution >= 0.6 is 0 Å². The van der Waals surface area contributed by atoms with Crippen molar-refractivity contribution in [2.45, 2.75) is 26.4 Å². The first-order valence-corrected chi connectivity index (χ1v) is 10.3. The number of rotatable bonds is 8. The second-order valence-corrected chi connectivity index (χ2v) is 8.05. The Morgan fingerprint density at radius 3 is 2.54 bits per heavy atom. The van der Waals surface area contributed by atoms with E-state index in [4.69, 9.17) is 0 Å². The van der Waals surface area contributed by atoms with E-state index in [0.29, 0.717) is 12.2 Å². The molecule has 0 aromatic heterocycles. The zero-order valence-electron chi connectivity index (χ0n) is 15.2. The van der Waals surface area contributed by atoms with E-state index in [1.54, 1.807) is 18.2 Å². The van der Waals surface area contributed by atoms with E-state index in [1.165, 1.54) is 0 Å². The van der Waals surface area contributed by atoms with Crippen LogP contribution in [0.25, 0.3) is 0 Å². The molecule has 26 heavy (non-hydrogen) atoms. The van der Waals surface area contributed by atoms with Gasteiger partial charge in [-0.2, -0.15) is 0 Å². The molecular weight excluding hydrogens is 350 g/mol. The van der Waals surface area contributed by atoms with Crippen LogP contribution in [0.5, 0.6) is 0 Å². The quantitative estimate of drug-likeness (QED) is 0.661. The lowest BCUT2D eigenvalue weighted by molar-refractivity contribution is -0.120. The summed E-state index contributed by atoms with van der Waals surface area (Å²) in [6, 6.07) is 14.9. The van der Waals surface area contributed by atoms with E-state index < -0.39 is 10.0 Å². The van der Waals surface area contributed by atoms with Gasteiger partial charge in [-0.25, -0.2) is 8.42 Å². The summed E-state index contributed by atoms with van der Waals surface area (Å²) in [6.45, 7) is 4.61. The summed E-state index contributed by atoms with van der Waals surface area (Å²) in [7, 11) is -3.32. The molecule has 140 valence electrons. The summed E-state index contributed by atoms with van der Waals surface area (Å²) >= 11 is 0. The molecule has 0 spiro atoms. The largest absolute Gasteiger partial charge is 0.351 e. The maximum absolute atomic E-state index is 12.1. The molecule has 2 aromatic carbocycles. The molecule has 6 nitrogen and oxygen atoms in total. The molecule has 0 fully saturated rings. The van der Waals surface area contributed by atoms with Gasteiger partial charge in [-0.05, 0) is 42.7 Å². The van der Waals surface area contributed by atoms with Crippen LogP contribution in [0.2, 0.25) is 0 Å². The standard InChI is InChI=1S/C19H25N3O3S/c1-14-7-4-5-8-17(14)12-21-19(23)13-20-15(2)16-9-6-10-18(11-16)22-26(3,24)25/h4-11,15,20,22H,12-13H2,1-3H3,(H,21,23). The molecule has 3 N–H and O–H groups in total. The van der Waals surface area contributed by atoms with Crippen LogP contribution in [0.15, 0.2) is 48.5 Å². The first-order chi connectivity index (χ1) is 12.2. The SMILES string of the molecule is Cc1ccccc1CNC(=O)CNC(C)c1cccc(NS(C)(=O)=O)c1. The lowest BCUT2D eigenvalue weighted by Crippen LogP contribution is -2.34. The maximum atomic E-state index is 12.1. The van der Waals surface area contributed by atoms with Crippen molar-refractivity contribution in [3.63, 3.8) is 0 Å². The predicted molar refractivity (Wildman–Crippen MR) is 104 cm³/mol. The smallest absolute Gasteiger partial charge is 0.234 e. The van der Waals surface area contributed by atoms with Gasteiger partial charge in [-0.15, -0.1) is 0 Å². The molecule has 1 unspecified atom stereocenters. The average Bonchev–Trinajstić information content (AvgIpc) is 2.57. The Kier molecular flexibility index (Phi) is 6.76. The van der Waals surface area contributed by atoms with Crippen molar-refractivity contribution >= 4 is 21.6 Å². The number of hydrogen-bond acceptors (Lipinski definition) is 4. The van der Waals surface area contributed by atoms with Gasteiger partial charge < -0.3 is 10.6 Å². The molecule has 0 aliphatic carbocycles. The van der Waals surface area contributed by atoms with Crippen LogP contribution in [-0.2, 0) is 21.4 Å². The fourth-order valence-corrected chi connectivity index (χ4v) is 3.07. The monoisotopic (exact) mass is 375 g/mol. The van der Waals surface area contributed by atoms with Gasteiger partial charge in [0.1, 0.15) is 0 Å². The summed E-state index contributed by atoms with van der Waals surface area (Å²) in [5, 5.41) is 6.05. The van der Waals surface area contributed by atoms with Crippen molar-refractivity contribution < 1.29 is 13.2 Å². The number of nitrogens with one attached hydrogen (secondary N) is 3. The molecule has 0 bridgehead atoms. The fourth-order valence-electron chi connectivity index (χ4n) is 2.51. The van der Waals surface area contributed by atoms with Crippen LogP contribution in [0.3, 0.4) is 0 Å². The van der Waals surface area contributed by atoms with Gasteiger partial charge in [0.25, 0.3) is 0 Å². The van der Waals surface area contributed by atoms with Gasteiger partial charge in [0, 0.05) is 18.3 Å². The Bertz CT molecular complexity index is 866. The van der Waals surface area contributed by atoms with Crippen molar-refractivity contribution in [2.75, 3.05) is 17.5 Å². The highest BCUT2D eigenvalue weighted by Gasteiger charge is 2.10. The summed E-state index contributed by atoms with van der Waals surface area (Å²) < 4.78 is 25.1. The molecule has 7 heteroatoms. The molecule has 0 saturated heterocycles. The van der Waals surface area contributed by atoms with Gasteiger partial charge in [-0.1, -0.05) is 36.4 Å². The number of carbonyl (C=O) groups excluding carboxylic acids is 1. The predicted octanol–water partition coefficient (Wildman–Crippen LogP) is 2.33. The molecular formula is C19H25N3O3S. The van der Waals surface area contributed by atoms with Crippen molar-refractivity contribution in [1.82, 2.24) is 10.6 Å². The highest BCUT2D eigenvalue weighted by Crippen LogP contribution is 2.18. The molecule has 0 aliphatic heterocycles. The zero-order chi connectivity index (χ0) is 19.2. The van der Waals surface area contributed by atoms with Crippen LogP contribution in [0.1, 0.15) is 29.7 Å². The number of amides is 1. The second kappa shape index (κ2) is 8.82. The summed E-state index contributed by atoms with van der Waals surface area (Å²) in [5.74, 6) is -0.0921. The van der Waals surface area contributed by atoms with Crippen LogP contribution in [0, 0.1) is 6.92 Å². The molecule has 0 radical (unpaired) electrons. The first kappa shape index (κ1) is 19.9. The van der Waals surface area contributed by atoms with Gasteiger partial charge in [0.05, 0.1) is 12.8 Å². The Morgan fingerprint density at radius 1 is 1.12 bits per heavy atom. The van der Waals surface area contributed by atoms with E-state index in [0.717, 1.165) is 22.9 Å². The van der Waals surface area contributed by atoms with Crippen molar-refractivity contribution in [1.29, 1.82) is 0 Å². The minimum atomic E-state index is -3.32. The normalized spacial score (nSPS) is 12.4. The molecule has 1 amide bonds. The summed E-state index contributed by atoms with van der Waals surface area (Å²) in [6.07, 6.45) is 1.11. The molecule has 0 heterocycles. The molecule has 2 aromatic rings. The molecule has 0 saturated carbocycles. The molecule has 2 rings (SSSR count). The van der Waals surface area contributed by atoms with Gasteiger partial charge in [0.2, 0.25) is 15.9 Å². The highest BCUT2D eigenvalue weighted by atomic mass is 32.2. The van der Waals surface area contributed by atoms with Crippen LogP contribution < -0.4 is 15.4 Å². The van der Waals surface area contributed by atoms with Gasteiger partial charge in [-0.3, -0.25) is 9.52 Å². The lowest BCUT2D eigenvalue weighted by Gasteiger charge is -2.16. The van der Waals surface area contributed by atoms with Gasteiger partial charge in [0.15, 0.2) is 0 Å². The lowest BCUT2D eigenvalue weighted by atomic mass is 10.1. The molecule has 1 atom stereocenters. The third-order valence-corrected chi connectivity index (χ3v) is 4.60. The van der Waals surface area contributed by atoms with Crippen LogP contribution in [-0.4, -0.2) is 27.1 Å². The van der Waals surface area contributed by atoms with Crippen LogP contribution in [0.4, 0.5) is 5.69 Å². The zero-order valence-corrected chi connectivity index (χ0v) is 16.1. The third kappa shape index (κ3) is 6.50. The Balaban J connectivity index is 1.86. The Labute approximate surface area is 155 Å². The Morgan fingerprint density at radius 2 is 1.85 bits per heavy atom. The minimum Gasteiger partial charge on any atom is -0.351 e. The number of aryl methyl sites for hydroxylation is 1. The van der Waals surface area contributed by atoms with Gasteiger partial charge >= 0.3 is 0 Å². The fraction of sp³-hybridized carbons (Fsp3) is 0.316. The number of anilines is 1. The summed E-state index contributed by atoms with van der Waals surface area (Å²) in [4.78, 5) is 12.1. The third-order valence-electron chi connectivity index (χ3n) is 4.00. The minimum absolute atomic E-state index is 0.0921. The van der Waals surface area contributed by atoms with E-state index >= 15 is 0 Å². The van der Waals surface area contributed by atoms with Crippen molar-refractivity contribution in [2.24, 2.45) is 0 Å². The maximum Gasteiger partial charge on any atom is 0.234 e. The van der Waals surface area contributed by atoms with Crippen molar-refractivity contribution in [3.05, 3.63) is 65.2 Å². The number of carbonyl (C=O) groups is 1. The van der Waals surface area contributed by atoms with E-state index in [2.05, 4.69) is 15.4 Å². The number of hydrogen-bond donors (Lipinski definition) is 3. The highest BCUT2D eigenvalue weighted by molar-refractivity contribution is 7.92. The second-order valence-electron chi connectivity index (χ2n) is 6.31. The average molecular weight is 375 g/mol. The van der Waals surface area contributed by atoms with Crippen molar-refractivity contribution in [3.8, 4) is 0 Å². The van der Waals surface area contributed by atoms with E-state index in [1.807, 2.05) is 44.2 Å². The first-order valence-electron chi connectivity index (χ1n) is 8.37.